The van der Waals surface area contributed by atoms with Gasteiger partial charge in [-0.3, -0.25) is 9.69 Å². The third-order valence-corrected chi connectivity index (χ3v) is 10.4. The van der Waals surface area contributed by atoms with Crippen LogP contribution in [0.3, 0.4) is 0 Å². The lowest BCUT2D eigenvalue weighted by Crippen LogP contribution is -2.58. The molecule has 2 aliphatic heterocycles. The molecule has 6 rings (SSSR count). The first-order valence-electron chi connectivity index (χ1n) is 17.2. The van der Waals surface area contributed by atoms with Crippen LogP contribution in [-0.4, -0.2) is 102 Å². The smallest absolute Gasteiger partial charge is 0.338 e. The number of esters is 2. The van der Waals surface area contributed by atoms with Crippen LogP contribution >= 0.6 is 0 Å². The molecule has 13 heteroatoms. The topological polar surface area (TPSA) is 152 Å². The predicted molar refractivity (Wildman–Crippen MR) is 187 cm³/mol. The van der Waals surface area contributed by atoms with E-state index in [2.05, 4.69) is 16.0 Å². The number of carbonyl (C=O) groups is 4. The van der Waals surface area contributed by atoms with E-state index >= 15 is 0 Å². The van der Waals surface area contributed by atoms with Crippen molar-refractivity contribution >= 4 is 35.4 Å². The van der Waals surface area contributed by atoms with E-state index in [1.807, 2.05) is 12.1 Å². The molecule has 1 N–H and O–H groups in total. The van der Waals surface area contributed by atoms with Gasteiger partial charge in [-0.1, -0.05) is 0 Å². The molecule has 1 aromatic heterocycles. The number of rotatable bonds is 12. The molecule has 276 valence electrons. The molecule has 3 aliphatic rings. The van der Waals surface area contributed by atoms with Gasteiger partial charge in [0.1, 0.15) is 30.5 Å². The number of hydrogen-bond donors (Lipinski definition) is 1. The number of fused-ring (bicyclic) bond motifs is 6. The van der Waals surface area contributed by atoms with Crippen LogP contribution in [0.25, 0.3) is 10.9 Å². The average Bonchev–Trinajstić information content (AvgIpc) is 3.54. The van der Waals surface area contributed by atoms with Crippen LogP contribution in [0.4, 0.5) is 0 Å². The second-order valence-corrected chi connectivity index (χ2v) is 13.0. The molecule has 2 fully saturated rings. The molecule has 3 heterocycles. The minimum Gasteiger partial charge on any atom is -0.497 e. The number of unbranched alkanes of at least 4 members (excludes halogenated alkanes) is 2. The highest BCUT2D eigenvalue weighted by atomic mass is 16.6. The maximum absolute atomic E-state index is 13.5. The number of nitrogens with one attached hydrogen (secondary N) is 1. The molecule has 3 aromatic rings. The minimum atomic E-state index is -0.670. The Morgan fingerprint density at radius 3 is 2.20 bits per heavy atom. The van der Waals surface area contributed by atoms with Crippen molar-refractivity contribution in [2.75, 3.05) is 55.7 Å². The van der Waals surface area contributed by atoms with Crippen LogP contribution in [0, 0.1) is 17.8 Å². The van der Waals surface area contributed by atoms with Gasteiger partial charge in [0, 0.05) is 55.7 Å². The Bertz CT molecular complexity index is 1670. The minimum absolute atomic E-state index is 0.0170. The van der Waals surface area contributed by atoms with Gasteiger partial charge in [-0.15, -0.1) is 0 Å². The number of H-pyrrole nitrogens is 1. The summed E-state index contributed by atoms with van der Waals surface area (Å²) in [5, 5.41) is 1.21. The summed E-state index contributed by atoms with van der Waals surface area (Å²) in [6.45, 7) is 1.68. The first-order valence-corrected chi connectivity index (χ1v) is 17.2. The largest absolute Gasteiger partial charge is 0.497 e. The molecule has 0 amide bonds. The van der Waals surface area contributed by atoms with E-state index in [0.29, 0.717) is 42.9 Å². The second-order valence-electron chi connectivity index (χ2n) is 13.0. The van der Waals surface area contributed by atoms with Gasteiger partial charge in [-0.2, -0.15) is 0 Å². The van der Waals surface area contributed by atoms with Crippen molar-refractivity contribution in [3.63, 3.8) is 0 Å². The van der Waals surface area contributed by atoms with Crippen LogP contribution < -0.4 is 18.9 Å². The van der Waals surface area contributed by atoms with E-state index in [9.17, 15) is 19.2 Å². The van der Waals surface area contributed by atoms with E-state index in [-0.39, 0.29) is 29.4 Å². The highest BCUT2D eigenvalue weighted by molar-refractivity contribution is 5.91. The average molecular weight is 709 g/mol. The molecule has 51 heavy (non-hydrogen) atoms. The van der Waals surface area contributed by atoms with E-state index < -0.39 is 24.1 Å². The zero-order chi connectivity index (χ0) is 36.7. The number of methoxy groups -OCH3 is 6. The Labute approximate surface area is 297 Å². The van der Waals surface area contributed by atoms with Crippen LogP contribution in [0.1, 0.15) is 59.8 Å². The monoisotopic (exact) mass is 708 g/mol. The molecule has 0 unspecified atom stereocenters. The van der Waals surface area contributed by atoms with Crippen molar-refractivity contribution in [3.8, 4) is 23.0 Å². The number of benzene rings is 2. The summed E-state index contributed by atoms with van der Waals surface area (Å²) in [5.41, 5.74) is 3.83. The quantitative estimate of drug-likeness (QED) is 0.157. The Hall–Kier alpha value is -4.62. The van der Waals surface area contributed by atoms with Crippen LogP contribution in [0.2, 0.25) is 0 Å². The molecule has 1 saturated heterocycles. The lowest BCUT2D eigenvalue weighted by molar-refractivity contribution is -0.176. The van der Waals surface area contributed by atoms with Gasteiger partial charge >= 0.3 is 11.9 Å². The number of aromatic nitrogens is 1. The van der Waals surface area contributed by atoms with Gasteiger partial charge in [-0.05, 0) is 67.3 Å². The SMILES string of the molecule is COC(=O)[C@H]1[C@H]2C[C@@H]3c4[nH]c5cc(OC)ccc5c4CCN3C[C@H]2C[C@@H](OC(=O)c2cc(OC)c(OC)c(OC)c2)[C@@H]1OC.O=CCCCC=O. The Balaban J connectivity index is 0.000000654. The van der Waals surface area contributed by atoms with E-state index in [4.69, 9.17) is 33.2 Å². The number of aromatic amines is 1. The lowest BCUT2D eigenvalue weighted by Gasteiger charge is -2.52. The zero-order valence-electron chi connectivity index (χ0n) is 30.1. The fourth-order valence-electron chi connectivity index (χ4n) is 8.05. The molecule has 13 nitrogen and oxygen atoms in total. The molecule has 1 saturated carbocycles. The van der Waals surface area contributed by atoms with Gasteiger partial charge in [0.05, 0.1) is 53.1 Å². The number of carbonyl (C=O) groups excluding carboxylic acids is 4. The third-order valence-electron chi connectivity index (χ3n) is 10.4. The molecule has 0 bridgehead atoms. The Kier molecular flexibility index (Phi) is 12.6. The van der Waals surface area contributed by atoms with Gasteiger partial charge < -0.3 is 47.7 Å². The van der Waals surface area contributed by atoms with Crippen LogP contribution in [0.15, 0.2) is 30.3 Å². The summed E-state index contributed by atoms with van der Waals surface area (Å²) < 4.78 is 39.1. The maximum Gasteiger partial charge on any atom is 0.338 e. The summed E-state index contributed by atoms with van der Waals surface area (Å²) in [6.07, 6.45) is 4.29. The third kappa shape index (κ3) is 7.69. The van der Waals surface area contributed by atoms with E-state index in [1.54, 1.807) is 26.4 Å². The van der Waals surface area contributed by atoms with Gasteiger partial charge in [-0.25, -0.2) is 4.79 Å². The Morgan fingerprint density at radius 1 is 0.902 bits per heavy atom. The van der Waals surface area contributed by atoms with Crippen LogP contribution in [-0.2, 0) is 35.0 Å². The molecule has 6 atom stereocenters. The number of nitrogens with zero attached hydrogens (tertiary/aromatic N) is 1. The maximum atomic E-state index is 13.5. The number of hydrogen-bond acceptors (Lipinski definition) is 12. The standard InChI is InChI=1S/C33H40N2O9.C5H8O2/c1-38-19-7-8-20-21-9-10-35-16-18-13-27(44-32(36)17-11-25(39-2)30(41-4)26(12-17)40-3)31(42-5)28(33(37)43-6)22(18)15-24(35)29(21)34-23(20)14-19;6-4-2-1-3-5-7/h7-8,11-12,14,18,22,24,27-28,31,34H,9-10,13,15-16H2,1-6H3;4-5H,1-3H2/t18-,22+,24-,27-,28+,31+;/m1./s1. The van der Waals surface area contributed by atoms with Crippen molar-refractivity contribution in [1.82, 2.24) is 9.88 Å². The summed E-state index contributed by atoms with van der Waals surface area (Å²) in [6, 6.07) is 9.40. The van der Waals surface area contributed by atoms with Gasteiger partial charge in [0.2, 0.25) is 5.75 Å². The molecule has 2 aromatic carbocycles. The van der Waals surface area contributed by atoms with E-state index in [0.717, 1.165) is 49.8 Å². The highest BCUT2D eigenvalue weighted by Crippen LogP contribution is 2.51. The first kappa shape index (κ1) is 37.6. The summed E-state index contributed by atoms with van der Waals surface area (Å²) in [5.74, 6) is 0.441. The van der Waals surface area contributed by atoms with Crippen LogP contribution in [0.5, 0.6) is 23.0 Å². The van der Waals surface area contributed by atoms with Crippen molar-refractivity contribution in [2.24, 2.45) is 17.8 Å². The fourth-order valence-corrected chi connectivity index (χ4v) is 8.05. The van der Waals surface area contributed by atoms with Crippen molar-refractivity contribution in [2.45, 2.75) is 56.8 Å². The van der Waals surface area contributed by atoms with Gasteiger partial charge in [0.25, 0.3) is 0 Å². The first-order chi connectivity index (χ1) is 24.8. The number of aldehydes is 2. The fraction of sp³-hybridized carbons (Fsp3) is 0.526. The van der Waals surface area contributed by atoms with E-state index in [1.165, 1.54) is 45.1 Å². The second kappa shape index (κ2) is 17.1. The molecular weight excluding hydrogens is 660 g/mol. The van der Waals surface area contributed by atoms with Crippen molar-refractivity contribution in [3.05, 3.63) is 47.2 Å². The molecule has 0 spiro atoms. The zero-order valence-corrected chi connectivity index (χ0v) is 30.1. The number of piperidine rings is 1. The summed E-state index contributed by atoms with van der Waals surface area (Å²) in [7, 11) is 9.10. The summed E-state index contributed by atoms with van der Waals surface area (Å²) in [4.78, 5) is 52.3. The molecule has 0 radical (unpaired) electrons. The number of ether oxygens (including phenoxy) is 7. The normalized spacial score (nSPS) is 23.6. The Morgan fingerprint density at radius 2 is 1.61 bits per heavy atom. The van der Waals surface area contributed by atoms with Crippen molar-refractivity contribution < 1.29 is 52.3 Å². The summed E-state index contributed by atoms with van der Waals surface area (Å²) >= 11 is 0. The van der Waals surface area contributed by atoms with Crippen molar-refractivity contribution in [1.29, 1.82) is 0 Å². The molecular formula is C38H48N2O11. The van der Waals surface area contributed by atoms with Gasteiger partial charge in [0.15, 0.2) is 11.5 Å². The molecule has 1 aliphatic carbocycles. The lowest BCUT2D eigenvalue weighted by atomic mass is 9.63. The predicted octanol–water partition coefficient (Wildman–Crippen LogP) is 4.73. The highest BCUT2D eigenvalue weighted by Gasteiger charge is 2.54.